The van der Waals surface area contributed by atoms with Crippen molar-refractivity contribution >= 4 is 44.9 Å². The second kappa shape index (κ2) is 7.32. The van der Waals surface area contributed by atoms with Crippen LogP contribution in [0.4, 0.5) is 5.69 Å². The molecule has 4 aromatic rings. The second-order valence-electron chi connectivity index (χ2n) is 5.75. The number of rotatable bonds is 4. The Hall–Kier alpha value is -2.63. The predicted octanol–water partition coefficient (Wildman–Crippen LogP) is 5.94. The van der Waals surface area contributed by atoms with Crippen LogP contribution in [0.25, 0.3) is 20.8 Å². The zero-order valence-electron chi connectivity index (χ0n) is 14.1. The maximum absolute atomic E-state index is 12.5. The van der Waals surface area contributed by atoms with E-state index in [1.807, 2.05) is 73.0 Å². The number of nitrogens with zero attached hydrogens (tertiary/aromatic N) is 1. The van der Waals surface area contributed by atoms with Gasteiger partial charge < -0.3 is 5.32 Å². The van der Waals surface area contributed by atoms with Gasteiger partial charge in [0.2, 0.25) is 0 Å². The van der Waals surface area contributed by atoms with Crippen molar-refractivity contribution in [3.63, 3.8) is 0 Å². The number of fused-ring (bicyclic) bond motifs is 1. The molecule has 0 bridgehead atoms. The van der Waals surface area contributed by atoms with E-state index >= 15 is 0 Å². The largest absolute Gasteiger partial charge is 0.322 e. The molecule has 0 aliphatic heterocycles. The highest BCUT2D eigenvalue weighted by Crippen LogP contribution is 2.31. The van der Waals surface area contributed by atoms with Crippen LogP contribution < -0.4 is 5.32 Å². The summed E-state index contributed by atoms with van der Waals surface area (Å²) in [6.07, 6.45) is 2.02. The summed E-state index contributed by atoms with van der Waals surface area (Å²) in [6.45, 7) is 0. The number of para-hydroxylation sites is 1. The van der Waals surface area contributed by atoms with Crippen molar-refractivity contribution in [2.75, 3.05) is 11.6 Å². The second-order valence-corrected chi connectivity index (χ2v) is 7.66. The van der Waals surface area contributed by atoms with Crippen LogP contribution in [-0.4, -0.2) is 17.1 Å². The average Bonchev–Trinajstić information content (AvgIpc) is 3.12. The molecule has 0 spiro atoms. The van der Waals surface area contributed by atoms with Gasteiger partial charge in [0.1, 0.15) is 5.01 Å². The van der Waals surface area contributed by atoms with Gasteiger partial charge in [0, 0.05) is 21.7 Å². The molecule has 1 aromatic heterocycles. The molecule has 0 saturated carbocycles. The fourth-order valence-electron chi connectivity index (χ4n) is 2.67. The van der Waals surface area contributed by atoms with Crippen LogP contribution in [-0.2, 0) is 0 Å². The van der Waals surface area contributed by atoms with Gasteiger partial charge in [0.05, 0.1) is 10.2 Å². The quantitative estimate of drug-likeness (QED) is 0.448. The number of thioether (sulfide) groups is 1. The number of hydrogen-bond donors (Lipinski definition) is 1. The molecule has 0 saturated heterocycles. The lowest BCUT2D eigenvalue weighted by molar-refractivity contribution is 0.102. The molecule has 0 radical (unpaired) electrons. The Balaban J connectivity index is 1.57. The highest BCUT2D eigenvalue weighted by molar-refractivity contribution is 7.98. The molecule has 4 rings (SSSR count). The summed E-state index contributed by atoms with van der Waals surface area (Å²) in [4.78, 5) is 18.3. The van der Waals surface area contributed by atoms with Crippen molar-refractivity contribution in [2.45, 2.75) is 4.90 Å². The number of nitrogens with one attached hydrogen (secondary N) is 1. The smallest absolute Gasteiger partial charge is 0.255 e. The molecule has 0 aliphatic carbocycles. The van der Waals surface area contributed by atoms with E-state index in [-0.39, 0.29) is 5.91 Å². The number of amides is 1. The Morgan fingerprint density at radius 3 is 2.58 bits per heavy atom. The number of carbonyl (C=O) groups excluding carboxylic acids is 1. The van der Waals surface area contributed by atoms with Gasteiger partial charge in [-0.25, -0.2) is 4.98 Å². The molecule has 1 amide bonds. The predicted molar refractivity (Wildman–Crippen MR) is 111 cm³/mol. The van der Waals surface area contributed by atoms with Gasteiger partial charge >= 0.3 is 0 Å². The number of benzene rings is 3. The Labute approximate surface area is 160 Å². The van der Waals surface area contributed by atoms with Crippen molar-refractivity contribution in [1.29, 1.82) is 0 Å². The number of anilines is 1. The van der Waals surface area contributed by atoms with Gasteiger partial charge in [-0.2, -0.15) is 0 Å². The van der Waals surface area contributed by atoms with Crippen LogP contribution >= 0.6 is 23.1 Å². The van der Waals surface area contributed by atoms with E-state index in [4.69, 9.17) is 0 Å². The zero-order valence-corrected chi connectivity index (χ0v) is 15.7. The minimum Gasteiger partial charge on any atom is -0.322 e. The molecule has 0 atom stereocenters. The fourth-order valence-corrected chi connectivity index (χ4v) is 4.04. The molecular formula is C21H16N2OS2. The van der Waals surface area contributed by atoms with E-state index < -0.39 is 0 Å². The summed E-state index contributed by atoms with van der Waals surface area (Å²) in [5.41, 5.74) is 3.41. The summed E-state index contributed by atoms with van der Waals surface area (Å²) >= 11 is 3.31. The minimum atomic E-state index is -0.112. The maximum atomic E-state index is 12.5. The first-order chi connectivity index (χ1) is 12.7. The van der Waals surface area contributed by atoms with Gasteiger partial charge in [0.25, 0.3) is 5.91 Å². The third-order valence-corrected chi connectivity index (χ3v) is 5.84. The Kier molecular flexibility index (Phi) is 4.73. The third kappa shape index (κ3) is 3.49. The number of thiazole rings is 1. The summed E-state index contributed by atoms with van der Waals surface area (Å²) in [5, 5.41) is 3.92. The summed E-state index contributed by atoms with van der Waals surface area (Å²) in [6, 6.07) is 23.5. The van der Waals surface area contributed by atoms with Crippen LogP contribution in [0.2, 0.25) is 0 Å². The molecule has 1 heterocycles. The monoisotopic (exact) mass is 376 g/mol. The van der Waals surface area contributed by atoms with E-state index in [1.165, 1.54) is 0 Å². The molecule has 5 heteroatoms. The van der Waals surface area contributed by atoms with E-state index in [1.54, 1.807) is 23.1 Å². The maximum Gasteiger partial charge on any atom is 0.255 e. The van der Waals surface area contributed by atoms with E-state index in [0.717, 1.165) is 31.4 Å². The molecule has 0 unspecified atom stereocenters. The fraction of sp³-hybridized carbons (Fsp3) is 0.0476. The van der Waals surface area contributed by atoms with E-state index in [2.05, 4.69) is 16.4 Å². The number of hydrogen-bond acceptors (Lipinski definition) is 4. The third-order valence-electron chi connectivity index (χ3n) is 4.01. The molecule has 0 fully saturated rings. The first-order valence-electron chi connectivity index (χ1n) is 8.14. The first-order valence-corrected chi connectivity index (χ1v) is 10.2. The summed E-state index contributed by atoms with van der Waals surface area (Å²) in [7, 11) is 0. The lowest BCUT2D eigenvalue weighted by Crippen LogP contribution is -2.11. The molecule has 1 N–H and O–H groups in total. The Morgan fingerprint density at radius 2 is 1.81 bits per heavy atom. The van der Waals surface area contributed by atoms with Gasteiger partial charge in [-0.3, -0.25) is 4.79 Å². The van der Waals surface area contributed by atoms with Gasteiger partial charge in [0.15, 0.2) is 0 Å². The molecule has 3 nitrogen and oxygen atoms in total. The minimum absolute atomic E-state index is 0.112. The highest BCUT2D eigenvalue weighted by Gasteiger charge is 2.09. The van der Waals surface area contributed by atoms with Crippen molar-refractivity contribution in [3.8, 4) is 10.6 Å². The van der Waals surface area contributed by atoms with Crippen molar-refractivity contribution in [1.82, 2.24) is 4.98 Å². The molecule has 0 aliphatic rings. The average molecular weight is 377 g/mol. The first kappa shape index (κ1) is 16.8. The topological polar surface area (TPSA) is 42.0 Å². The van der Waals surface area contributed by atoms with Crippen LogP contribution in [0.15, 0.2) is 77.7 Å². The molecule has 26 heavy (non-hydrogen) atoms. The highest BCUT2D eigenvalue weighted by atomic mass is 32.2. The number of aromatic nitrogens is 1. The van der Waals surface area contributed by atoms with Crippen molar-refractivity contribution in [3.05, 3.63) is 78.4 Å². The standard InChI is InChI=1S/C21H16N2OS2/c1-25-17-11-9-14(10-12-17)20(24)22-16-6-4-5-15(13-16)21-23-18-7-2-3-8-19(18)26-21/h2-13H,1H3,(H,22,24). The van der Waals surface area contributed by atoms with Gasteiger partial charge in [-0.15, -0.1) is 23.1 Å². The molecular weight excluding hydrogens is 360 g/mol. The van der Waals surface area contributed by atoms with Crippen LogP contribution in [0.3, 0.4) is 0 Å². The van der Waals surface area contributed by atoms with Gasteiger partial charge in [-0.05, 0) is 54.8 Å². The Bertz CT molecular complexity index is 1040. The zero-order chi connectivity index (χ0) is 17.9. The lowest BCUT2D eigenvalue weighted by Gasteiger charge is -2.07. The lowest BCUT2D eigenvalue weighted by atomic mass is 10.2. The van der Waals surface area contributed by atoms with Crippen LogP contribution in [0.1, 0.15) is 10.4 Å². The van der Waals surface area contributed by atoms with Gasteiger partial charge in [-0.1, -0.05) is 24.3 Å². The molecule has 3 aromatic carbocycles. The van der Waals surface area contributed by atoms with Crippen molar-refractivity contribution in [2.24, 2.45) is 0 Å². The summed E-state index contributed by atoms with van der Waals surface area (Å²) in [5.74, 6) is -0.112. The Morgan fingerprint density at radius 1 is 1.00 bits per heavy atom. The normalized spacial score (nSPS) is 10.8. The summed E-state index contributed by atoms with van der Waals surface area (Å²) < 4.78 is 1.16. The van der Waals surface area contributed by atoms with Crippen LogP contribution in [0.5, 0.6) is 0 Å². The van der Waals surface area contributed by atoms with E-state index in [9.17, 15) is 4.79 Å². The number of carbonyl (C=O) groups is 1. The van der Waals surface area contributed by atoms with Crippen LogP contribution in [0, 0.1) is 0 Å². The van der Waals surface area contributed by atoms with E-state index in [0.29, 0.717) is 5.56 Å². The molecule has 128 valence electrons. The SMILES string of the molecule is CSc1ccc(C(=O)Nc2cccc(-c3nc4ccccc4s3)c2)cc1. The van der Waals surface area contributed by atoms with Crippen molar-refractivity contribution < 1.29 is 4.79 Å².